The predicted octanol–water partition coefficient (Wildman–Crippen LogP) is 10.6. The molecule has 2 fully saturated rings. The molecule has 2 aromatic rings. The molecular weight excluding hydrogens is 422 g/mol. The van der Waals surface area contributed by atoms with E-state index in [0.717, 1.165) is 48.6 Å². The minimum absolute atomic E-state index is 0.284. The average molecular weight is 467 g/mol. The van der Waals surface area contributed by atoms with Crippen LogP contribution in [0.1, 0.15) is 127 Å². The van der Waals surface area contributed by atoms with Gasteiger partial charge in [-0.1, -0.05) is 76.6 Å². The number of rotatable bonds is 9. The highest BCUT2D eigenvalue weighted by Gasteiger charge is 2.25. The quantitative estimate of drug-likeness (QED) is 0.345. The maximum atomic E-state index is 15.1. The third-order valence-electron chi connectivity index (χ3n) is 8.84. The number of unbranched alkanes of at least 4 members (excludes halogenated alkanes) is 2. The number of hydrogen-bond acceptors (Lipinski definition) is 0. The van der Waals surface area contributed by atoms with E-state index in [-0.39, 0.29) is 11.6 Å². The Labute approximate surface area is 206 Å². The maximum Gasteiger partial charge on any atom is 0.131 e. The van der Waals surface area contributed by atoms with Crippen LogP contribution >= 0.6 is 0 Å². The highest BCUT2D eigenvalue weighted by Crippen LogP contribution is 2.41. The minimum atomic E-state index is -0.284. The third-order valence-corrected chi connectivity index (χ3v) is 8.84. The largest absolute Gasteiger partial charge is 0.206 e. The van der Waals surface area contributed by atoms with Crippen molar-refractivity contribution in [3.05, 3.63) is 59.2 Å². The lowest BCUT2D eigenvalue weighted by atomic mass is 9.76. The van der Waals surface area contributed by atoms with Crippen molar-refractivity contribution in [2.24, 2.45) is 11.8 Å². The fraction of sp³-hybridized carbons (Fsp3) is 0.625. The van der Waals surface area contributed by atoms with Crippen LogP contribution in [0.25, 0.3) is 11.1 Å². The van der Waals surface area contributed by atoms with Gasteiger partial charge in [-0.05, 0) is 98.3 Å². The lowest BCUT2D eigenvalue weighted by molar-refractivity contribution is 0.304. The van der Waals surface area contributed by atoms with Gasteiger partial charge in [-0.25, -0.2) is 8.78 Å². The van der Waals surface area contributed by atoms with Crippen LogP contribution in [0, 0.1) is 23.5 Å². The summed E-state index contributed by atoms with van der Waals surface area (Å²) in [4.78, 5) is 0. The fourth-order valence-electron chi connectivity index (χ4n) is 6.56. The molecule has 186 valence electrons. The Balaban J connectivity index is 1.39. The Hall–Kier alpha value is -1.70. The summed E-state index contributed by atoms with van der Waals surface area (Å²) in [6, 6.07) is 11.1. The van der Waals surface area contributed by atoms with E-state index in [4.69, 9.17) is 0 Å². The van der Waals surface area contributed by atoms with E-state index in [0.29, 0.717) is 23.0 Å². The maximum absolute atomic E-state index is 15.1. The zero-order valence-corrected chi connectivity index (χ0v) is 21.4. The summed E-state index contributed by atoms with van der Waals surface area (Å²) in [6.45, 7) is 4.51. The highest BCUT2D eigenvalue weighted by molar-refractivity contribution is 5.66. The normalized spacial score (nSPS) is 25.4. The van der Waals surface area contributed by atoms with Gasteiger partial charge < -0.3 is 0 Å². The molecular formula is C32H44F2. The SMILES string of the molecule is CCCCC1CCC(c2ccc(-c3ccc(C4CCC(CCCC)CC4)cc3F)c(F)c2)CC1. The second kappa shape index (κ2) is 12.3. The second-order valence-electron chi connectivity index (χ2n) is 11.2. The van der Waals surface area contributed by atoms with Gasteiger partial charge in [0.05, 0.1) is 0 Å². The van der Waals surface area contributed by atoms with Crippen molar-refractivity contribution in [1.29, 1.82) is 0 Å². The zero-order valence-electron chi connectivity index (χ0n) is 21.4. The van der Waals surface area contributed by atoms with Gasteiger partial charge in [0, 0.05) is 11.1 Å². The first-order chi connectivity index (χ1) is 16.6. The van der Waals surface area contributed by atoms with Crippen LogP contribution in [0.3, 0.4) is 0 Å². The summed E-state index contributed by atoms with van der Waals surface area (Å²) >= 11 is 0. The number of halogens is 2. The van der Waals surface area contributed by atoms with E-state index in [1.165, 1.54) is 64.2 Å². The Morgan fingerprint density at radius 3 is 1.29 bits per heavy atom. The van der Waals surface area contributed by atoms with Gasteiger partial charge in [-0.3, -0.25) is 0 Å². The van der Waals surface area contributed by atoms with Crippen molar-refractivity contribution in [2.75, 3.05) is 0 Å². The first-order valence-corrected chi connectivity index (χ1v) is 14.2. The first-order valence-electron chi connectivity index (χ1n) is 14.2. The molecule has 2 aromatic carbocycles. The summed E-state index contributed by atoms with van der Waals surface area (Å²) < 4.78 is 30.3. The molecule has 0 aliphatic heterocycles. The third kappa shape index (κ3) is 6.29. The molecule has 2 heteroatoms. The van der Waals surface area contributed by atoms with Crippen LogP contribution in [-0.2, 0) is 0 Å². The summed E-state index contributed by atoms with van der Waals surface area (Å²) in [6.07, 6.45) is 17.5. The molecule has 0 aromatic heterocycles. The van der Waals surface area contributed by atoms with E-state index < -0.39 is 0 Å². The molecule has 0 atom stereocenters. The Morgan fingerprint density at radius 1 is 0.588 bits per heavy atom. The molecule has 0 N–H and O–H groups in total. The molecule has 2 aliphatic rings. The van der Waals surface area contributed by atoms with Gasteiger partial charge in [0.2, 0.25) is 0 Å². The molecule has 0 heterocycles. The van der Waals surface area contributed by atoms with Crippen molar-refractivity contribution < 1.29 is 8.78 Å². The monoisotopic (exact) mass is 466 g/mol. The van der Waals surface area contributed by atoms with Crippen LogP contribution in [0.5, 0.6) is 0 Å². The van der Waals surface area contributed by atoms with E-state index in [9.17, 15) is 0 Å². The smallest absolute Gasteiger partial charge is 0.131 e. The van der Waals surface area contributed by atoms with Crippen molar-refractivity contribution >= 4 is 0 Å². The summed E-state index contributed by atoms with van der Waals surface area (Å²) in [5.41, 5.74) is 2.97. The molecule has 34 heavy (non-hydrogen) atoms. The molecule has 0 bridgehead atoms. The van der Waals surface area contributed by atoms with Crippen LogP contribution in [-0.4, -0.2) is 0 Å². The molecule has 0 spiro atoms. The van der Waals surface area contributed by atoms with Crippen LogP contribution < -0.4 is 0 Å². The lowest BCUT2D eigenvalue weighted by Gasteiger charge is -2.29. The van der Waals surface area contributed by atoms with Gasteiger partial charge in [-0.15, -0.1) is 0 Å². The molecule has 0 nitrogen and oxygen atoms in total. The molecule has 0 amide bonds. The van der Waals surface area contributed by atoms with Crippen LogP contribution in [0.15, 0.2) is 36.4 Å². The summed E-state index contributed by atoms with van der Waals surface area (Å²) in [5.74, 6) is 2.02. The van der Waals surface area contributed by atoms with E-state index in [1.807, 2.05) is 24.3 Å². The Kier molecular flexibility index (Phi) is 9.20. The van der Waals surface area contributed by atoms with Gasteiger partial charge in [0.1, 0.15) is 11.6 Å². The van der Waals surface area contributed by atoms with Crippen LogP contribution in [0.4, 0.5) is 8.78 Å². The summed E-state index contributed by atoms with van der Waals surface area (Å²) in [7, 11) is 0. The molecule has 0 unspecified atom stereocenters. The molecule has 2 aliphatic carbocycles. The highest BCUT2D eigenvalue weighted by atomic mass is 19.1. The molecule has 2 saturated carbocycles. The standard InChI is InChI=1S/C32H44F2/c1-3-5-7-23-9-13-25(14-10-23)27-17-19-29(31(33)21-27)30-20-18-28(22-32(30)34)26-15-11-24(12-16-26)8-6-4-2/h17-26H,3-16H2,1-2H3. The van der Waals surface area contributed by atoms with Crippen molar-refractivity contribution in [3.63, 3.8) is 0 Å². The molecule has 4 rings (SSSR count). The van der Waals surface area contributed by atoms with Crippen molar-refractivity contribution in [3.8, 4) is 11.1 Å². The molecule has 0 saturated heterocycles. The van der Waals surface area contributed by atoms with E-state index in [1.54, 1.807) is 12.1 Å². The van der Waals surface area contributed by atoms with Gasteiger partial charge >= 0.3 is 0 Å². The van der Waals surface area contributed by atoms with Gasteiger partial charge in [0.15, 0.2) is 0 Å². The number of hydrogen-bond donors (Lipinski definition) is 0. The fourth-order valence-corrected chi connectivity index (χ4v) is 6.56. The zero-order chi connectivity index (χ0) is 23.9. The van der Waals surface area contributed by atoms with Gasteiger partial charge in [0.25, 0.3) is 0 Å². The van der Waals surface area contributed by atoms with Crippen LogP contribution in [0.2, 0.25) is 0 Å². The van der Waals surface area contributed by atoms with E-state index >= 15 is 8.78 Å². The predicted molar refractivity (Wildman–Crippen MR) is 140 cm³/mol. The Morgan fingerprint density at radius 2 is 0.971 bits per heavy atom. The first kappa shape index (κ1) is 25.4. The average Bonchev–Trinajstić information content (AvgIpc) is 2.87. The topological polar surface area (TPSA) is 0 Å². The number of benzene rings is 2. The van der Waals surface area contributed by atoms with Crippen molar-refractivity contribution in [1.82, 2.24) is 0 Å². The molecule has 0 radical (unpaired) electrons. The van der Waals surface area contributed by atoms with Crippen molar-refractivity contribution in [2.45, 2.75) is 116 Å². The lowest BCUT2D eigenvalue weighted by Crippen LogP contribution is -2.14. The Bertz CT molecular complexity index is 826. The summed E-state index contributed by atoms with van der Waals surface area (Å²) in [5, 5.41) is 0. The van der Waals surface area contributed by atoms with Gasteiger partial charge in [-0.2, -0.15) is 0 Å². The van der Waals surface area contributed by atoms with E-state index in [2.05, 4.69) is 13.8 Å². The minimum Gasteiger partial charge on any atom is -0.206 e. The second-order valence-corrected chi connectivity index (χ2v) is 11.2.